The normalized spacial score (nSPS) is 15.6. The Hall–Kier alpha value is -1.87. The zero-order chi connectivity index (χ0) is 15.9. The van der Waals surface area contributed by atoms with Gasteiger partial charge in [-0.3, -0.25) is 9.79 Å². The predicted molar refractivity (Wildman–Crippen MR) is 83.2 cm³/mol. The lowest BCUT2D eigenvalue weighted by molar-refractivity contribution is -0.135. The van der Waals surface area contributed by atoms with Crippen molar-refractivity contribution in [1.82, 2.24) is 25.2 Å². The fraction of sp³-hybridized carbons (Fsp3) is 0.692. The molecule has 1 aliphatic heterocycles. The van der Waals surface area contributed by atoms with E-state index < -0.39 is 0 Å². The highest BCUT2D eigenvalue weighted by Gasteiger charge is 2.24. The molecule has 130 valence electrons. The molecule has 5 N–H and O–H groups in total. The number of hydrogen-bond acceptors (Lipinski definition) is 5. The first kappa shape index (κ1) is 19.2. The van der Waals surface area contributed by atoms with Crippen LogP contribution in [0.3, 0.4) is 0 Å². The minimum Gasteiger partial charge on any atom is -1.00 e. The molecule has 0 aromatic carbocycles. The summed E-state index contributed by atoms with van der Waals surface area (Å²) in [6, 6.07) is -0.336. The summed E-state index contributed by atoms with van der Waals surface area (Å²) >= 11 is 0. The Morgan fingerprint density at radius 1 is 1.43 bits per heavy atom. The molecule has 1 atom stereocenters. The number of halogens is 1. The lowest BCUT2D eigenvalue weighted by Crippen LogP contribution is -3.00. The monoisotopic (exact) mass is 343 g/mol. The second-order valence-electron chi connectivity index (χ2n) is 5.35. The zero-order valence-electron chi connectivity index (χ0n) is 13.3. The third kappa shape index (κ3) is 5.68. The number of nitrogens with zero attached hydrogens (tertiary/aromatic N) is 5. The smallest absolute Gasteiger partial charge is 0.247 e. The van der Waals surface area contributed by atoms with Crippen LogP contribution < -0.4 is 29.2 Å². The molecular weight excluding hydrogens is 320 g/mol. The van der Waals surface area contributed by atoms with Gasteiger partial charge in [0.25, 0.3) is 0 Å². The molecule has 0 spiro atoms. The molecule has 0 aliphatic carbocycles. The molecule has 1 aromatic rings. The molecule has 23 heavy (non-hydrogen) atoms. The van der Waals surface area contributed by atoms with Gasteiger partial charge in [-0.2, -0.15) is 0 Å². The summed E-state index contributed by atoms with van der Waals surface area (Å²) in [6.07, 6.45) is 3.34. The maximum Gasteiger partial charge on any atom is 0.247 e. The maximum atomic E-state index is 12.4. The van der Waals surface area contributed by atoms with Crippen molar-refractivity contribution in [3.63, 3.8) is 0 Å². The van der Waals surface area contributed by atoms with Crippen LogP contribution in [0.15, 0.2) is 11.2 Å². The Balaban J connectivity index is 0.00000264. The van der Waals surface area contributed by atoms with Gasteiger partial charge >= 0.3 is 0 Å². The number of aliphatic imine (C=N–C) groups is 1. The fourth-order valence-corrected chi connectivity index (χ4v) is 2.35. The van der Waals surface area contributed by atoms with E-state index in [1.807, 2.05) is 18.0 Å². The van der Waals surface area contributed by atoms with Gasteiger partial charge < -0.3 is 34.1 Å². The van der Waals surface area contributed by atoms with E-state index in [4.69, 9.17) is 11.5 Å². The van der Waals surface area contributed by atoms with Crippen LogP contribution in [0.25, 0.3) is 0 Å². The number of guanidine groups is 1. The first-order chi connectivity index (χ1) is 10.6. The van der Waals surface area contributed by atoms with Crippen molar-refractivity contribution in [1.29, 1.82) is 0 Å². The summed E-state index contributed by atoms with van der Waals surface area (Å²) < 4.78 is 1.63. The SMILES string of the molecule is C[C@@H](C(=O)N1CCNCC1)n1cc(CCCN=C(N)N)nn1.[Cl-]. The van der Waals surface area contributed by atoms with Crippen LogP contribution in [0.2, 0.25) is 0 Å². The molecule has 0 radical (unpaired) electrons. The number of nitrogens with two attached hydrogens (primary N) is 2. The van der Waals surface area contributed by atoms with Gasteiger partial charge in [0.15, 0.2) is 5.96 Å². The van der Waals surface area contributed by atoms with Crippen molar-refractivity contribution in [2.45, 2.75) is 25.8 Å². The third-order valence-corrected chi connectivity index (χ3v) is 3.63. The number of nitrogens with one attached hydrogen (secondary N) is 1. The van der Waals surface area contributed by atoms with E-state index in [0.717, 1.165) is 44.7 Å². The van der Waals surface area contributed by atoms with Crippen LogP contribution in [0.1, 0.15) is 25.1 Å². The van der Waals surface area contributed by atoms with Crippen molar-refractivity contribution >= 4 is 11.9 Å². The summed E-state index contributed by atoms with van der Waals surface area (Å²) in [5.74, 6) is 0.178. The largest absolute Gasteiger partial charge is 1.00 e. The summed E-state index contributed by atoms with van der Waals surface area (Å²) in [4.78, 5) is 18.2. The van der Waals surface area contributed by atoms with Gasteiger partial charge in [0, 0.05) is 38.9 Å². The molecule has 0 unspecified atom stereocenters. The standard InChI is InChI=1S/C13H24N8O.ClH/c1-10(12(22)20-7-5-16-6-8-20)21-9-11(18-19-21)3-2-4-17-13(14)15;/h9-10,16H,2-8H2,1H3,(H4,14,15,17);1H/p-1/t10-;/m0./s1. The number of aryl methyl sites for hydroxylation is 1. The van der Waals surface area contributed by atoms with Crippen LogP contribution in [0.4, 0.5) is 0 Å². The van der Waals surface area contributed by atoms with E-state index in [0.29, 0.717) is 6.54 Å². The van der Waals surface area contributed by atoms with Crippen molar-refractivity contribution < 1.29 is 17.2 Å². The van der Waals surface area contributed by atoms with Crippen molar-refractivity contribution in [2.24, 2.45) is 16.5 Å². The minimum absolute atomic E-state index is 0. The molecule has 1 amide bonds. The van der Waals surface area contributed by atoms with Gasteiger partial charge in [-0.05, 0) is 19.8 Å². The Bertz CT molecular complexity index is 522. The number of piperazine rings is 1. The number of carbonyl (C=O) groups excluding carboxylic acids is 1. The minimum atomic E-state index is -0.336. The summed E-state index contributed by atoms with van der Waals surface area (Å²) in [7, 11) is 0. The van der Waals surface area contributed by atoms with Gasteiger partial charge in [0.05, 0.1) is 5.69 Å². The van der Waals surface area contributed by atoms with Crippen molar-refractivity contribution in [2.75, 3.05) is 32.7 Å². The van der Waals surface area contributed by atoms with E-state index in [9.17, 15) is 4.79 Å². The second kappa shape index (κ2) is 9.31. The average molecular weight is 344 g/mol. The van der Waals surface area contributed by atoms with Gasteiger partial charge in [-0.15, -0.1) is 5.10 Å². The van der Waals surface area contributed by atoms with Crippen molar-refractivity contribution in [3.05, 3.63) is 11.9 Å². The molecule has 1 saturated heterocycles. The van der Waals surface area contributed by atoms with Crippen LogP contribution in [-0.4, -0.2) is 64.5 Å². The molecule has 2 heterocycles. The van der Waals surface area contributed by atoms with Gasteiger partial charge in [-0.25, -0.2) is 4.68 Å². The zero-order valence-corrected chi connectivity index (χ0v) is 14.0. The van der Waals surface area contributed by atoms with Gasteiger partial charge in [0.2, 0.25) is 5.91 Å². The van der Waals surface area contributed by atoms with E-state index in [1.165, 1.54) is 0 Å². The third-order valence-electron chi connectivity index (χ3n) is 3.63. The average Bonchev–Trinajstić information content (AvgIpc) is 2.99. The Kier molecular flexibility index (Phi) is 7.76. The van der Waals surface area contributed by atoms with Gasteiger partial charge in [0.1, 0.15) is 6.04 Å². The molecule has 2 rings (SSSR count). The number of carbonyl (C=O) groups is 1. The van der Waals surface area contributed by atoms with Gasteiger partial charge in [-0.1, -0.05) is 5.21 Å². The maximum absolute atomic E-state index is 12.4. The molecule has 0 bridgehead atoms. The number of aromatic nitrogens is 3. The van der Waals surface area contributed by atoms with Crippen molar-refractivity contribution in [3.8, 4) is 0 Å². The molecule has 1 aliphatic rings. The fourth-order valence-electron chi connectivity index (χ4n) is 2.35. The van der Waals surface area contributed by atoms with Crippen LogP contribution in [-0.2, 0) is 11.2 Å². The number of amides is 1. The predicted octanol–water partition coefficient (Wildman–Crippen LogP) is -4.52. The Morgan fingerprint density at radius 2 is 2.13 bits per heavy atom. The first-order valence-corrected chi connectivity index (χ1v) is 7.53. The first-order valence-electron chi connectivity index (χ1n) is 7.53. The Morgan fingerprint density at radius 3 is 2.78 bits per heavy atom. The lowest BCUT2D eigenvalue weighted by Gasteiger charge is -2.29. The van der Waals surface area contributed by atoms with Crippen LogP contribution in [0.5, 0.6) is 0 Å². The topological polar surface area (TPSA) is 127 Å². The lowest BCUT2D eigenvalue weighted by atomic mass is 10.2. The molecule has 1 aromatic heterocycles. The quantitative estimate of drug-likeness (QED) is 0.271. The number of rotatable bonds is 6. The van der Waals surface area contributed by atoms with E-state index >= 15 is 0 Å². The Labute approximate surface area is 141 Å². The highest BCUT2D eigenvalue weighted by Crippen LogP contribution is 2.10. The van der Waals surface area contributed by atoms with E-state index in [1.54, 1.807) is 4.68 Å². The van der Waals surface area contributed by atoms with E-state index in [-0.39, 0.29) is 30.3 Å². The van der Waals surface area contributed by atoms with E-state index in [2.05, 4.69) is 20.6 Å². The van der Waals surface area contributed by atoms with Crippen LogP contribution >= 0.6 is 0 Å². The molecule has 10 heteroatoms. The molecular formula is C13H24ClN8O-. The second-order valence-corrected chi connectivity index (χ2v) is 5.35. The highest BCUT2D eigenvalue weighted by atomic mass is 35.5. The summed E-state index contributed by atoms with van der Waals surface area (Å²) in [5.41, 5.74) is 11.4. The van der Waals surface area contributed by atoms with Crippen LogP contribution in [0, 0.1) is 0 Å². The summed E-state index contributed by atoms with van der Waals surface area (Å²) in [6.45, 7) is 5.57. The molecule has 0 saturated carbocycles. The summed E-state index contributed by atoms with van der Waals surface area (Å²) in [5, 5.41) is 11.4. The molecule has 1 fully saturated rings. The highest BCUT2D eigenvalue weighted by molar-refractivity contribution is 5.80. The molecule has 9 nitrogen and oxygen atoms in total. The number of hydrogen-bond donors (Lipinski definition) is 3.